The molecule has 0 aromatic carbocycles. The molecule has 0 radical (unpaired) electrons. The Kier molecular flexibility index (Phi) is 8.39. The van der Waals surface area contributed by atoms with Crippen molar-refractivity contribution in [2.24, 2.45) is 26.8 Å². The summed E-state index contributed by atoms with van der Waals surface area (Å²) in [5.74, 6) is -0.965. The molecule has 0 saturated carbocycles. The highest BCUT2D eigenvalue weighted by Gasteiger charge is 2.40. The molecule has 8 bridgehead atoms. The Labute approximate surface area is 274 Å². The highest BCUT2D eigenvalue weighted by Crippen LogP contribution is 2.42. The van der Waals surface area contributed by atoms with Crippen LogP contribution in [0.3, 0.4) is 0 Å². The summed E-state index contributed by atoms with van der Waals surface area (Å²) in [6.45, 7) is 14.2. The van der Waals surface area contributed by atoms with Gasteiger partial charge in [0.05, 0.1) is 58.6 Å². The molecule has 6 rings (SSSR count). The predicted octanol–water partition coefficient (Wildman–Crippen LogP) is 7.82. The Morgan fingerprint density at radius 2 is 1.85 bits per heavy atom. The van der Waals surface area contributed by atoms with E-state index >= 15 is 0 Å². The van der Waals surface area contributed by atoms with Crippen molar-refractivity contribution in [3.63, 3.8) is 0 Å². The van der Waals surface area contributed by atoms with Crippen molar-refractivity contribution in [1.29, 1.82) is 0 Å². The number of H-pyrrole nitrogens is 1. The van der Waals surface area contributed by atoms with Gasteiger partial charge in [-0.25, -0.2) is 9.98 Å². The summed E-state index contributed by atoms with van der Waals surface area (Å²) < 4.78 is 4.97. The maximum absolute atomic E-state index is 14.1. The molecule has 1 aliphatic carbocycles. The third kappa shape index (κ3) is 5.34. The van der Waals surface area contributed by atoms with Crippen LogP contribution >= 0.6 is 0 Å². The minimum absolute atomic E-state index is 0.125. The van der Waals surface area contributed by atoms with Crippen molar-refractivity contribution in [3.05, 3.63) is 116 Å². The molecule has 5 aliphatic rings. The van der Waals surface area contributed by atoms with Crippen molar-refractivity contribution >= 4 is 47.1 Å². The van der Waals surface area contributed by atoms with Crippen LogP contribution in [0, 0.1) is 18.8 Å². The first-order chi connectivity index (χ1) is 22.6. The molecular formula is C39H38N4O4. The number of ether oxygens (including phenoxy) is 1. The van der Waals surface area contributed by atoms with Crippen LogP contribution < -0.4 is 0 Å². The lowest BCUT2D eigenvalue weighted by molar-refractivity contribution is -0.140. The minimum atomic E-state index is -0.330. The molecule has 0 amide bonds. The van der Waals surface area contributed by atoms with Gasteiger partial charge in [-0.15, -0.1) is 5.73 Å². The normalized spacial score (nSPS) is 22.3. The number of esters is 1. The van der Waals surface area contributed by atoms with Gasteiger partial charge in [-0.1, -0.05) is 32.6 Å². The lowest BCUT2D eigenvalue weighted by Gasteiger charge is -2.20. The first-order valence-corrected chi connectivity index (χ1v) is 15.9. The highest BCUT2D eigenvalue weighted by molar-refractivity contribution is 6.42. The molecular weight excluding hydrogens is 588 g/mol. The summed E-state index contributed by atoms with van der Waals surface area (Å²) in [4.78, 5) is 45.2. The number of carbonyl (C=O) groups excluding carboxylic acids is 2. The number of allylic oxidation sites excluding steroid dienone is 10. The third-order valence-electron chi connectivity index (χ3n) is 9.67. The van der Waals surface area contributed by atoms with Crippen molar-refractivity contribution < 1.29 is 19.4 Å². The molecule has 0 saturated heterocycles. The average Bonchev–Trinajstić information content (AvgIpc) is 3.87. The van der Waals surface area contributed by atoms with E-state index in [4.69, 9.17) is 19.7 Å². The van der Waals surface area contributed by atoms with E-state index < -0.39 is 0 Å². The molecule has 1 aromatic heterocycles. The lowest BCUT2D eigenvalue weighted by atomic mass is 9.81. The van der Waals surface area contributed by atoms with Crippen molar-refractivity contribution in [1.82, 2.24) is 4.98 Å². The van der Waals surface area contributed by atoms with Gasteiger partial charge in [-0.2, -0.15) is 0 Å². The summed E-state index contributed by atoms with van der Waals surface area (Å²) in [5.41, 5.74) is 14.6. The van der Waals surface area contributed by atoms with E-state index in [2.05, 4.69) is 44.1 Å². The van der Waals surface area contributed by atoms with Gasteiger partial charge in [0.15, 0.2) is 0 Å². The summed E-state index contributed by atoms with van der Waals surface area (Å²) in [6.07, 6.45) is 15.4. The van der Waals surface area contributed by atoms with Gasteiger partial charge in [-0.3, -0.25) is 14.6 Å². The number of nitrogens with zero attached hydrogens (tertiary/aromatic N) is 3. The van der Waals surface area contributed by atoms with Gasteiger partial charge in [-0.05, 0) is 86.3 Å². The lowest BCUT2D eigenvalue weighted by Crippen LogP contribution is -2.26. The summed E-state index contributed by atoms with van der Waals surface area (Å²) in [5, 5.41) is 10.9. The number of aromatic amines is 1. The zero-order chi connectivity index (χ0) is 33.6. The monoisotopic (exact) mass is 626 g/mol. The number of carbonyl (C=O) groups is 2. The second-order valence-corrected chi connectivity index (χ2v) is 12.2. The van der Waals surface area contributed by atoms with Crippen LogP contribution in [0.1, 0.15) is 69.5 Å². The first-order valence-electron chi connectivity index (χ1n) is 15.9. The van der Waals surface area contributed by atoms with Crippen molar-refractivity contribution in [2.45, 2.75) is 53.9 Å². The number of aromatic nitrogens is 1. The molecule has 0 fully saturated rings. The smallest absolute Gasteiger partial charge is 0.305 e. The Morgan fingerprint density at radius 1 is 1.09 bits per heavy atom. The summed E-state index contributed by atoms with van der Waals surface area (Å²) >= 11 is 0. The molecule has 0 unspecified atom stereocenters. The third-order valence-corrected chi connectivity index (χ3v) is 9.67. The standard InChI is InChI=1S/C39H38N4O4/c1-8-25-20(3)29-16-31-22(5)27(14-15-35(45)47-7)37(42-31)28(19-44)38-36(39(46)24-12-10-11-13-24)23(6)32(43-38)18-34-26(9-2)21(4)30(41-34)17-33(25)40-29/h8,10-12,16-19,22,27,40,44H,1,9,14-15H2,2-7H3/b28-19+,30-17?,31-16?,32-18?/t22-,27-/m0/s1. The van der Waals surface area contributed by atoms with E-state index in [-0.39, 0.29) is 30.0 Å². The number of methoxy groups -OCH3 is 1. The number of aliphatic hydroxyl groups excluding tert-OH is 1. The van der Waals surface area contributed by atoms with Crippen LogP contribution in [-0.4, -0.2) is 46.1 Å². The molecule has 238 valence electrons. The molecule has 2 N–H and O–H groups in total. The molecule has 47 heavy (non-hydrogen) atoms. The van der Waals surface area contributed by atoms with E-state index in [1.165, 1.54) is 7.11 Å². The molecule has 8 heteroatoms. The summed E-state index contributed by atoms with van der Waals surface area (Å²) in [7, 11) is 1.37. The predicted molar refractivity (Wildman–Crippen MR) is 188 cm³/mol. The fraction of sp³-hybridized carbons (Fsp3) is 0.282. The second kappa shape index (κ2) is 12.5. The number of hydrogen-bond acceptors (Lipinski definition) is 7. The Morgan fingerprint density at radius 3 is 2.51 bits per heavy atom. The number of nitrogens with one attached hydrogen (secondary N) is 1. The minimum Gasteiger partial charge on any atom is -0.515 e. The van der Waals surface area contributed by atoms with E-state index in [1.54, 1.807) is 18.2 Å². The van der Waals surface area contributed by atoms with E-state index in [1.807, 2.05) is 32.1 Å². The molecule has 4 aliphatic heterocycles. The zero-order valence-electron chi connectivity index (χ0n) is 27.6. The average molecular weight is 627 g/mol. The van der Waals surface area contributed by atoms with Crippen LogP contribution in [0.4, 0.5) is 0 Å². The first kappa shape index (κ1) is 31.6. The quantitative estimate of drug-likeness (QED) is 0.182. The maximum Gasteiger partial charge on any atom is 0.305 e. The Balaban J connectivity index is 1.64. The van der Waals surface area contributed by atoms with Gasteiger partial charge in [0.25, 0.3) is 0 Å². The van der Waals surface area contributed by atoms with Gasteiger partial charge in [0, 0.05) is 40.9 Å². The fourth-order valence-electron chi connectivity index (χ4n) is 6.91. The van der Waals surface area contributed by atoms with E-state index in [0.717, 1.165) is 63.4 Å². The van der Waals surface area contributed by atoms with Gasteiger partial charge < -0.3 is 14.8 Å². The second-order valence-electron chi connectivity index (χ2n) is 12.2. The topological polar surface area (TPSA) is 116 Å². The molecule has 0 spiro atoms. The van der Waals surface area contributed by atoms with Crippen LogP contribution in [0.25, 0.3) is 18.2 Å². The van der Waals surface area contributed by atoms with Crippen molar-refractivity contribution in [3.8, 4) is 0 Å². The number of ketones is 1. The number of hydrogen-bond donors (Lipinski definition) is 2. The van der Waals surface area contributed by atoms with Crippen LogP contribution in [-0.2, 0) is 14.3 Å². The summed E-state index contributed by atoms with van der Waals surface area (Å²) in [6, 6.07) is 0. The number of Topliss-reactive ketones (excluding diaryl/α,β-unsaturated/α-hetero) is 1. The zero-order valence-corrected chi connectivity index (χ0v) is 27.6. The number of rotatable bonds is 7. The van der Waals surface area contributed by atoms with Gasteiger partial charge in [0.1, 0.15) is 0 Å². The molecule has 1 aromatic rings. The number of fused-ring (bicyclic) bond motifs is 5. The SMILES string of the molecule is C=Cc1c2[nH]c(c1C)C=C1N=C(/C(=C\O)C3=NC(=CC4=NC(=C2)C(C)=C4CC)C(C)=C3C(=O)C2=C=CC=C2)[C@@H](CCC(=O)OC)[C@@H]1C. The highest BCUT2D eigenvalue weighted by atomic mass is 16.5. The number of aliphatic hydroxyl groups is 1. The van der Waals surface area contributed by atoms with E-state index in [9.17, 15) is 14.7 Å². The van der Waals surface area contributed by atoms with Gasteiger partial charge in [0.2, 0.25) is 5.78 Å². The van der Waals surface area contributed by atoms with Crippen LogP contribution in [0.2, 0.25) is 0 Å². The molecule has 8 nitrogen and oxygen atoms in total. The fourth-order valence-corrected chi connectivity index (χ4v) is 6.91. The largest absolute Gasteiger partial charge is 0.515 e. The molecule has 2 atom stereocenters. The Hall–Kier alpha value is -5.33. The van der Waals surface area contributed by atoms with Crippen LogP contribution in [0.5, 0.6) is 0 Å². The molecule has 5 heterocycles. The number of aliphatic imine (C=N–C) groups is 3. The van der Waals surface area contributed by atoms with Gasteiger partial charge >= 0.3 is 5.97 Å². The van der Waals surface area contributed by atoms with Crippen molar-refractivity contribution in [2.75, 3.05) is 7.11 Å². The van der Waals surface area contributed by atoms with Crippen LogP contribution in [0.15, 0.2) is 108 Å². The Bertz CT molecular complexity index is 2040. The maximum atomic E-state index is 14.1. The van der Waals surface area contributed by atoms with E-state index in [0.29, 0.717) is 45.8 Å².